The molecule has 0 bridgehead atoms. The molecule has 16 heavy (non-hydrogen) atoms. The van der Waals surface area contributed by atoms with Crippen LogP contribution in [0, 0.1) is 0 Å². The van der Waals surface area contributed by atoms with Gasteiger partial charge in [-0.3, -0.25) is 4.79 Å². The first-order chi connectivity index (χ1) is 7.60. The van der Waals surface area contributed by atoms with Gasteiger partial charge in [0.2, 0.25) is 0 Å². The molecule has 0 fully saturated rings. The molecule has 0 saturated heterocycles. The zero-order chi connectivity index (χ0) is 12.1. The van der Waals surface area contributed by atoms with Gasteiger partial charge in [-0.05, 0) is 31.7 Å². The van der Waals surface area contributed by atoms with E-state index in [-0.39, 0.29) is 17.6 Å². The number of ketones is 1. The van der Waals surface area contributed by atoms with Crippen molar-refractivity contribution in [3.05, 3.63) is 23.8 Å². The summed E-state index contributed by atoms with van der Waals surface area (Å²) in [5.41, 5.74) is 0.478. The van der Waals surface area contributed by atoms with Crippen molar-refractivity contribution in [2.24, 2.45) is 0 Å². The molecule has 2 N–H and O–H groups in total. The summed E-state index contributed by atoms with van der Waals surface area (Å²) in [6.07, 6.45) is 0. The highest BCUT2D eigenvalue weighted by atomic mass is 16.5. The lowest BCUT2D eigenvalue weighted by Gasteiger charge is -2.12. The SMILES string of the molecule is CCNC(C)C(=O)c1ccc(OC)c(O)c1. The highest BCUT2D eigenvalue weighted by Crippen LogP contribution is 2.26. The van der Waals surface area contributed by atoms with Crippen molar-refractivity contribution in [3.8, 4) is 11.5 Å². The van der Waals surface area contributed by atoms with Crippen LogP contribution >= 0.6 is 0 Å². The monoisotopic (exact) mass is 223 g/mol. The molecular weight excluding hydrogens is 206 g/mol. The van der Waals surface area contributed by atoms with Gasteiger partial charge < -0.3 is 15.2 Å². The Balaban J connectivity index is 2.88. The number of nitrogens with one attached hydrogen (secondary N) is 1. The lowest BCUT2D eigenvalue weighted by Crippen LogP contribution is -2.33. The number of methoxy groups -OCH3 is 1. The summed E-state index contributed by atoms with van der Waals surface area (Å²) in [4.78, 5) is 11.9. The fourth-order valence-corrected chi connectivity index (χ4v) is 1.49. The Morgan fingerprint density at radius 2 is 2.25 bits per heavy atom. The second-order valence-corrected chi connectivity index (χ2v) is 3.53. The Labute approximate surface area is 95.2 Å². The van der Waals surface area contributed by atoms with Gasteiger partial charge >= 0.3 is 0 Å². The second-order valence-electron chi connectivity index (χ2n) is 3.53. The topological polar surface area (TPSA) is 58.6 Å². The molecule has 0 aliphatic carbocycles. The van der Waals surface area contributed by atoms with E-state index in [1.54, 1.807) is 19.1 Å². The molecule has 1 aromatic carbocycles. The summed E-state index contributed by atoms with van der Waals surface area (Å²) in [5, 5.41) is 12.6. The number of phenolic OH excluding ortho intramolecular Hbond substituents is 1. The number of benzene rings is 1. The summed E-state index contributed by atoms with van der Waals surface area (Å²) in [7, 11) is 1.47. The fraction of sp³-hybridized carbons (Fsp3) is 0.417. The number of ether oxygens (including phenoxy) is 1. The summed E-state index contributed by atoms with van der Waals surface area (Å²) >= 11 is 0. The quantitative estimate of drug-likeness (QED) is 0.744. The van der Waals surface area contributed by atoms with E-state index in [0.717, 1.165) is 6.54 Å². The number of carbonyl (C=O) groups excluding carboxylic acids is 1. The van der Waals surface area contributed by atoms with Crippen LogP contribution in [0.3, 0.4) is 0 Å². The van der Waals surface area contributed by atoms with Crippen molar-refractivity contribution < 1.29 is 14.6 Å². The molecule has 4 heteroatoms. The Hall–Kier alpha value is -1.55. The van der Waals surface area contributed by atoms with Crippen LogP contribution in [0.4, 0.5) is 0 Å². The van der Waals surface area contributed by atoms with Crippen LogP contribution in [-0.2, 0) is 0 Å². The lowest BCUT2D eigenvalue weighted by molar-refractivity contribution is 0.0951. The van der Waals surface area contributed by atoms with Gasteiger partial charge in [0.25, 0.3) is 0 Å². The van der Waals surface area contributed by atoms with Gasteiger partial charge in [0.1, 0.15) is 0 Å². The number of phenols is 1. The summed E-state index contributed by atoms with van der Waals surface area (Å²) in [6, 6.07) is 4.41. The Bertz CT molecular complexity index is 377. The molecule has 0 spiro atoms. The minimum absolute atomic E-state index is 0.0166. The minimum Gasteiger partial charge on any atom is -0.504 e. The maximum absolute atomic E-state index is 11.9. The van der Waals surface area contributed by atoms with E-state index >= 15 is 0 Å². The van der Waals surface area contributed by atoms with Crippen LogP contribution in [0.25, 0.3) is 0 Å². The zero-order valence-electron chi connectivity index (χ0n) is 9.78. The molecule has 1 aromatic rings. The number of hydrogen-bond donors (Lipinski definition) is 2. The molecule has 1 rings (SSSR count). The van der Waals surface area contributed by atoms with Crippen molar-refractivity contribution in [3.63, 3.8) is 0 Å². The first-order valence-corrected chi connectivity index (χ1v) is 5.24. The first kappa shape index (κ1) is 12.5. The van der Waals surface area contributed by atoms with Gasteiger partial charge in [0.15, 0.2) is 17.3 Å². The molecule has 1 unspecified atom stereocenters. The average molecular weight is 223 g/mol. The Kier molecular flexibility index (Phi) is 4.31. The highest BCUT2D eigenvalue weighted by Gasteiger charge is 2.15. The van der Waals surface area contributed by atoms with E-state index in [9.17, 15) is 9.90 Å². The maximum atomic E-state index is 11.9. The molecule has 0 amide bonds. The molecule has 0 aliphatic rings. The van der Waals surface area contributed by atoms with Crippen LogP contribution in [-0.4, -0.2) is 30.6 Å². The number of rotatable bonds is 5. The van der Waals surface area contributed by atoms with E-state index in [1.807, 2.05) is 6.92 Å². The lowest BCUT2D eigenvalue weighted by atomic mass is 10.0. The number of hydrogen-bond acceptors (Lipinski definition) is 4. The smallest absolute Gasteiger partial charge is 0.179 e. The molecule has 4 nitrogen and oxygen atoms in total. The molecular formula is C12H17NO3. The largest absolute Gasteiger partial charge is 0.504 e. The first-order valence-electron chi connectivity index (χ1n) is 5.24. The average Bonchev–Trinajstić information content (AvgIpc) is 2.28. The van der Waals surface area contributed by atoms with Crippen molar-refractivity contribution in [2.75, 3.05) is 13.7 Å². The second kappa shape index (κ2) is 5.51. The van der Waals surface area contributed by atoms with Crippen LogP contribution in [0.15, 0.2) is 18.2 Å². The molecule has 88 valence electrons. The third kappa shape index (κ3) is 2.73. The van der Waals surface area contributed by atoms with Gasteiger partial charge in [-0.2, -0.15) is 0 Å². The highest BCUT2D eigenvalue weighted by molar-refractivity contribution is 6.00. The normalized spacial score (nSPS) is 12.2. The molecule has 0 saturated carbocycles. The molecule has 0 heterocycles. The van der Waals surface area contributed by atoms with Gasteiger partial charge in [-0.25, -0.2) is 0 Å². The predicted molar refractivity (Wildman–Crippen MR) is 62.1 cm³/mol. The fourth-order valence-electron chi connectivity index (χ4n) is 1.49. The standard InChI is InChI=1S/C12H17NO3/c1-4-13-8(2)12(15)9-5-6-11(16-3)10(14)7-9/h5-8,13-14H,4H2,1-3H3. The number of Topliss-reactive ketones (excluding diaryl/α,β-unsaturated/α-hetero) is 1. The number of likely N-dealkylation sites (N-methyl/N-ethyl adjacent to an activating group) is 1. The van der Waals surface area contributed by atoms with Crippen molar-refractivity contribution >= 4 is 5.78 Å². The van der Waals surface area contributed by atoms with Crippen LogP contribution < -0.4 is 10.1 Å². The van der Waals surface area contributed by atoms with Crippen LogP contribution in [0.1, 0.15) is 24.2 Å². The van der Waals surface area contributed by atoms with Crippen molar-refractivity contribution in [1.82, 2.24) is 5.32 Å². The molecule has 0 radical (unpaired) electrons. The molecule has 1 atom stereocenters. The van der Waals surface area contributed by atoms with Crippen LogP contribution in [0.5, 0.6) is 11.5 Å². The predicted octanol–water partition coefficient (Wildman–Crippen LogP) is 1.58. The Morgan fingerprint density at radius 1 is 1.56 bits per heavy atom. The van der Waals surface area contributed by atoms with E-state index in [0.29, 0.717) is 11.3 Å². The summed E-state index contributed by atoms with van der Waals surface area (Å²) < 4.78 is 4.91. The van der Waals surface area contributed by atoms with Crippen molar-refractivity contribution in [2.45, 2.75) is 19.9 Å². The van der Waals surface area contributed by atoms with Gasteiger partial charge in [-0.1, -0.05) is 6.92 Å². The van der Waals surface area contributed by atoms with E-state index in [4.69, 9.17) is 4.74 Å². The number of aromatic hydroxyl groups is 1. The van der Waals surface area contributed by atoms with Crippen LogP contribution in [0.2, 0.25) is 0 Å². The zero-order valence-corrected chi connectivity index (χ0v) is 9.78. The van der Waals surface area contributed by atoms with Gasteiger partial charge in [0.05, 0.1) is 13.2 Å². The van der Waals surface area contributed by atoms with E-state index < -0.39 is 0 Å². The summed E-state index contributed by atoms with van der Waals surface area (Å²) in [6.45, 7) is 4.47. The van der Waals surface area contributed by atoms with E-state index in [2.05, 4.69) is 5.32 Å². The molecule has 0 aromatic heterocycles. The van der Waals surface area contributed by atoms with Gasteiger partial charge in [0, 0.05) is 5.56 Å². The number of carbonyl (C=O) groups is 1. The van der Waals surface area contributed by atoms with E-state index in [1.165, 1.54) is 13.2 Å². The minimum atomic E-state index is -0.252. The maximum Gasteiger partial charge on any atom is 0.179 e. The molecule has 0 aliphatic heterocycles. The Morgan fingerprint density at radius 3 is 2.75 bits per heavy atom. The summed E-state index contributed by atoms with van der Waals surface area (Å²) in [5.74, 6) is 0.310. The van der Waals surface area contributed by atoms with Gasteiger partial charge in [-0.15, -0.1) is 0 Å². The third-order valence-electron chi connectivity index (χ3n) is 2.37. The third-order valence-corrected chi connectivity index (χ3v) is 2.37. The van der Waals surface area contributed by atoms with Crippen molar-refractivity contribution in [1.29, 1.82) is 0 Å².